The summed E-state index contributed by atoms with van der Waals surface area (Å²) in [6, 6.07) is 8.33. The van der Waals surface area contributed by atoms with Crippen molar-refractivity contribution in [3.05, 3.63) is 41.7 Å². The average Bonchev–Trinajstić information content (AvgIpc) is 2.86. The molecule has 0 N–H and O–H groups in total. The van der Waals surface area contributed by atoms with Crippen LogP contribution in [0.15, 0.2) is 34.7 Å². The zero-order chi connectivity index (χ0) is 13.1. The van der Waals surface area contributed by atoms with E-state index in [0.29, 0.717) is 28.9 Å². The first-order chi connectivity index (χ1) is 8.65. The van der Waals surface area contributed by atoms with Gasteiger partial charge in [-0.25, -0.2) is 0 Å². The van der Waals surface area contributed by atoms with Gasteiger partial charge in [0.1, 0.15) is 11.5 Å². The molecule has 0 aliphatic carbocycles. The number of aldehydes is 1. The molecule has 0 radical (unpaired) electrons. The average molecular weight is 244 g/mol. The minimum Gasteiger partial charge on any atom is -0.496 e. The van der Waals surface area contributed by atoms with Crippen LogP contribution in [0.3, 0.4) is 0 Å². The number of ketones is 1. The van der Waals surface area contributed by atoms with Crippen molar-refractivity contribution in [3.63, 3.8) is 0 Å². The molecule has 1 heterocycles. The lowest BCUT2D eigenvalue weighted by molar-refractivity contribution is 0.101. The zero-order valence-electron chi connectivity index (χ0n) is 10.1. The molecule has 0 saturated heterocycles. The molecule has 0 saturated carbocycles. The van der Waals surface area contributed by atoms with Crippen LogP contribution in [0.5, 0.6) is 5.75 Å². The molecule has 92 valence electrons. The maximum Gasteiger partial charge on any atom is 0.185 e. The van der Waals surface area contributed by atoms with Gasteiger partial charge >= 0.3 is 0 Å². The van der Waals surface area contributed by atoms with E-state index in [1.807, 2.05) is 0 Å². The van der Waals surface area contributed by atoms with Gasteiger partial charge in [0.05, 0.1) is 12.7 Å². The molecular weight excluding hydrogens is 232 g/mol. The number of furan rings is 1. The summed E-state index contributed by atoms with van der Waals surface area (Å²) in [5, 5.41) is 0. The third kappa shape index (κ3) is 2.18. The Morgan fingerprint density at radius 3 is 2.61 bits per heavy atom. The van der Waals surface area contributed by atoms with Crippen molar-refractivity contribution in [2.45, 2.75) is 6.92 Å². The lowest BCUT2D eigenvalue weighted by atomic mass is 10.1. The van der Waals surface area contributed by atoms with E-state index in [1.165, 1.54) is 14.0 Å². The van der Waals surface area contributed by atoms with Crippen molar-refractivity contribution < 1.29 is 18.7 Å². The van der Waals surface area contributed by atoms with Crippen molar-refractivity contribution in [3.8, 4) is 17.1 Å². The van der Waals surface area contributed by atoms with Crippen LogP contribution in [0.1, 0.15) is 27.8 Å². The molecular formula is C14H12O4. The maximum absolute atomic E-state index is 11.4. The first-order valence-electron chi connectivity index (χ1n) is 5.40. The predicted molar refractivity (Wildman–Crippen MR) is 66.1 cm³/mol. The van der Waals surface area contributed by atoms with Crippen molar-refractivity contribution in [1.82, 2.24) is 0 Å². The van der Waals surface area contributed by atoms with Crippen LogP contribution in [0.25, 0.3) is 11.3 Å². The zero-order valence-corrected chi connectivity index (χ0v) is 10.1. The van der Waals surface area contributed by atoms with Crippen LogP contribution in [-0.4, -0.2) is 19.2 Å². The van der Waals surface area contributed by atoms with E-state index in [9.17, 15) is 9.59 Å². The number of methoxy groups -OCH3 is 1. The quantitative estimate of drug-likeness (QED) is 0.612. The normalized spacial score (nSPS) is 10.1. The number of carbonyl (C=O) groups is 2. The van der Waals surface area contributed by atoms with Gasteiger partial charge in [-0.1, -0.05) is 0 Å². The second-order valence-electron chi connectivity index (χ2n) is 3.79. The van der Waals surface area contributed by atoms with Gasteiger partial charge in [-0.3, -0.25) is 9.59 Å². The minimum atomic E-state index is -0.0407. The molecule has 0 spiro atoms. The number of hydrogen-bond acceptors (Lipinski definition) is 4. The summed E-state index contributed by atoms with van der Waals surface area (Å²) >= 11 is 0. The Morgan fingerprint density at radius 2 is 2.06 bits per heavy atom. The Morgan fingerprint density at radius 1 is 1.28 bits per heavy atom. The summed E-state index contributed by atoms with van der Waals surface area (Å²) < 4.78 is 10.6. The van der Waals surface area contributed by atoms with E-state index in [2.05, 4.69) is 0 Å². The Hall–Kier alpha value is -2.36. The summed E-state index contributed by atoms with van der Waals surface area (Å²) in [6.45, 7) is 1.49. The predicted octanol–water partition coefficient (Wildman–Crippen LogP) is 2.97. The standard InChI is InChI=1S/C14H12O4/c1-9(16)10-3-5-13(17-2)12(7-10)14-6-4-11(8-15)18-14/h3-8H,1-2H3. The largest absolute Gasteiger partial charge is 0.496 e. The number of hydrogen-bond donors (Lipinski definition) is 0. The van der Waals surface area contributed by atoms with E-state index in [1.54, 1.807) is 30.3 Å². The molecule has 0 bridgehead atoms. The van der Waals surface area contributed by atoms with Crippen LogP contribution in [-0.2, 0) is 0 Å². The van der Waals surface area contributed by atoms with Crippen LogP contribution in [0.4, 0.5) is 0 Å². The third-order valence-electron chi connectivity index (χ3n) is 2.61. The van der Waals surface area contributed by atoms with Gasteiger partial charge in [0.25, 0.3) is 0 Å². The van der Waals surface area contributed by atoms with E-state index >= 15 is 0 Å². The molecule has 2 rings (SSSR count). The Kier molecular flexibility index (Phi) is 3.28. The van der Waals surface area contributed by atoms with Gasteiger partial charge in [-0.05, 0) is 37.3 Å². The lowest BCUT2D eigenvalue weighted by Crippen LogP contribution is -1.94. The van der Waals surface area contributed by atoms with Crippen molar-refractivity contribution in [2.75, 3.05) is 7.11 Å². The van der Waals surface area contributed by atoms with Gasteiger partial charge in [0, 0.05) is 5.56 Å². The Labute approximate surface area is 104 Å². The van der Waals surface area contributed by atoms with Crippen LogP contribution >= 0.6 is 0 Å². The highest BCUT2D eigenvalue weighted by Gasteiger charge is 2.12. The van der Waals surface area contributed by atoms with Gasteiger partial charge < -0.3 is 9.15 Å². The highest BCUT2D eigenvalue weighted by molar-refractivity contribution is 5.95. The number of benzene rings is 1. The first-order valence-corrected chi connectivity index (χ1v) is 5.40. The second-order valence-corrected chi connectivity index (χ2v) is 3.79. The van der Waals surface area contributed by atoms with Crippen molar-refractivity contribution >= 4 is 12.1 Å². The molecule has 0 aliphatic rings. The van der Waals surface area contributed by atoms with Gasteiger partial charge in [0.2, 0.25) is 0 Å². The number of Topliss-reactive ketones (excluding diaryl/α,β-unsaturated/α-hetero) is 1. The monoisotopic (exact) mass is 244 g/mol. The molecule has 0 fully saturated rings. The molecule has 18 heavy (non-hydrogen) atoms. The topological polar surface area (TPSA) is 56.5 Å². The molecule has 4 nitrogen and oxygen atoms in total. The summed E-state index contributed by atoms with van der Waals surface area (Å²) in [5.41, 5.74) is 1.22. The van der Waals surface area contributed by atoms with Crippen molar-refractivity contribution in [2.24, 2.45) is 0 Å². The van der Waals surface area contributed by atoms with Gasteiger partial charge in [-0.2, -0.15) is 0 Å². The fourth-order valence-corrected chi connectivity index (χ4v) is 1.68. The van der Waals surface area contributed by atoms with Gasteiger partial charge in [-0.15, -0.1) is 0 Å². The van der Waals surface area contributed by atoms with Gasteiger partial charge in [0.15, 0.2) is 17.8 Å². The number of rotatable bonds is 4. The summed E-state index contributed by atoms with van der Waals surface area (Å²) in [4.78, 5) is 22.0. The Balaban J connectivity index is 2.55. The highest BCUT2D eigenvalue weighted by atomic mass is 16.5. The Bertz CT molecular complexity index is 596. The molecule has 0 unspecified atom stereocenters. The summed E-state index contributed by atoms with van der Waals surface area (Å²) in [7, 11) is 1.54. The smallest absolute Gasteiger partial charge is 0.185 e. The van der Waals surface area contributed by atoms with E-state index in [4.69, 9.17) is 9.15 Å². The number of carbonyl (C=O) groups excluding carboxylic acids is 2. The maximum atomic E-state index is 11.4. The van der Waals surface area contributed by atoms with Crippen molar-refractivity contribution in [1.29, 1.82) is 0 Å². The van der Waals surface area contributed by atoms with Crippen LogP contribution in [0.2, 0.25) is 0 Å². The molecule has 0 aliphatic heterocycles. The molecule has 1 aromatic carbocycles. The van der Waals surface area contributed by atoms with E-state index in [0.717, 1.165) is 0 Å². The highest BCUT2D eigenvalue weighted by Crippen LogP contribution is 2.32. The third-order valence-corrected chi connectivity index (χ3v) is 2.61. The molecule has 4 heteroatoms. The van der Waals surface area contributed by atoms with Crippen LogP contribution in [0, 0.1) is 0 Å². The first kappa shape index (κ1) is 12.1. The van der Waals surface area contributed by atoms with E-state index < -0.39 is 0 Å². The molecule has 0 atom stereocenters. The second kappa shape index (κ2) is 4.87. The van der Waals surface area contributed by atoms with E-state index in [-0.39, 0.29) is 11.5 Å². The molecule has 1 aromatic heterocycles. The number of ether oxygens (including phenoxy) is 1. The molecule has 0 amide bonds. The minimum absolute atomic E-state index is 0.0407. The fraction of sp³-hybridized carbons (Fsp3) is 0.143. The molecule has 2 aromatic rings. The summed E-state index contributed by atoms with van der Waals surface area (Å²) in [6.07, 6.45) is 0.630. The SMILES string of the molecule is COc1ccc(C(C)=O)cc1-c1ccc(C=O)o1. The lowest BCUT2D eigenvalue weighted by Gasteiger charge is -2.07. The summed E-state index contributed by atoms with van der Waals surface area (Å²) in [5.74, 6) is 1.28. The fourth-order valence-electron chi connectivity index (χ4n) is 1.68. The van der Waals surface area contributed by atoms with Crippen LogP contribution < -0.4 is 4.74 Å².